The molecule has 0 aliphatic carbocycles. The van der Waals surface area contributed by atoms with Gasteiger partial charge in [0.2, 0.25) is 0 Å². The standard InChI is InChI=1S/C15H25NO3/c1-3-10-18-14-7-5-6-8-15(14)19-11-9-13(12-17)16-4-2/h5-8,13,16-17H,3-4,9-12H2,1-2H3. The lowest BCUT2D eigenvalue weighted by Gasteiger charge is -2.16. The Kier molecular flexibility index (Phi) is 8.02. The third kappa shape index (κ3) is 5.94. The first-order valence-electron chi connectivity index (χ1n) is 7.00. The number of aliphatic hydroxyl groups is 1. The van der Waals surface area contributed by atoms with Crippen LogP contribution < -0.4 is 14.8 Å². The number of para-hydroxylation sites is 2. The van der Waals surface area contributed by atoms with Crippen LogP contribution in [-0.2, 0) is 0 Å². The molecule has 1 unspecified atom stereocenters. The van der Waals surface area contributed by atoms with E-state index in [1.165, 1.54) is 0 Å². The average molecular weight is 267 g/mol. The molecule has 0 fully saturated rings. The summed E-state index contributed by atoms with van der Waals surface area (Å²) in [6, 6.07) is 7.79. The van der Waals surface area contributed by atoms with Crippen LogP contribution in [-0.4, -0.2) is 37.5 Å². The maximum absolute atomic E-state index is 9.18. The summed E-state index contributed by atoms with van der Waals surface area (Å²) >= 11 is 0. The molecule has 2 N–H and O–H groups in total. The normalized spacial score (nSPS) is 12.2. The molecule has 1 aromatic rings. The number of hydrogen-bond donors (Lipinski definition) is 2. The minimum atomic E-state index is 0.0914. The van der Waals surface area contributed by atoms with Crippen LogP contribution in [0, 0.1) is 0 Å². The van der Waals surface area contributed by atoms with Gasteiger partial charge in [-0.15, -0.1) is 0 Å². The lowest BCUT2D eigenvalue weighted by atomic mass is 10.2. The second-order valence-electron chi connectivity index (χ2n) is 4.37. The van der Waals surface area contributed by atoms with Gasteiger partial charge in [-0.1, -0.05) is 26.0 Å². The van der Waals surface area contributed by atoms with Gasteiger partial charge >= 0.3 is 0 Å². The van der Waals surface area contributed by atoms with E-state index in [0.29, 0.717) is 13.2 Å². The van der Waals surface area contributed by atoms with Gasteiger partial charge in [-0.3, -0.25) is 0 Å². The van der Waals surface area contributed by atoms with Gasteiger partial charge in [-0.25, -0.2) is 0 Å². The molecule has 4 nitrogen and oxygen atoms in total. The zero-order valence-corrected chi connectivity index (χ0v) is 11.9. The van der Waals surface area contributed by atoms with Crippen LogP contribution in [0.2, 0.25) is 0 Å². The van der Waals surface area contributed by atoms with Crippen molar-refractivity contribution in [1.82, 2.24) is 5.32 Å². The van der Waals surface area contributed by atoms with Crippen LogP contribution >= 0.6 is 0 Å². The third-order valence-corrected chi connectivity index (χ3v) is 2.75. The summed E-state index contributed by atoms with van der Waals surface area (Å²) in [5.74, 6) is 1.55. The molecule has 0 bridgehead atoms. The number of aliphatic hydroxyl groups excluding tert-OH is 1. The van der Waals surface area contributed by atoms with Gasteiger partial charge in [-0.05, 0) is 31.5 Å². The van der Waals surface area contributed by atoms with Crippen molar-refractivity contribution in [2.24, 2.45) is 0 Å². The molecule has 108 valence electrons. The summed E-state index contributed by atoms with van der Waals surface area (Å²) in [7, 11) is 0. The highest BCUT2D eigenvalue weighted by atomic mass is 16.5. The Balaban J connectivity index is 2.43. The number of ether oxygens (including phenoxy) is 2. The van der Waals surface area contributed by atoms with Gasteiger partial charge in [0.25, 0.3) is 0 Å². The first-order chi connectivity index (χ1) is 9.31. The first kappa shape index (κ1) is 15.8. The number of nitrogens with one attached hydrogen (secondary N) is 1. The zero-order valence-electron chi connectivity index (χ0n) is 11.9. The van der Waals surface area contributed by atoms with Crippen molar-refractivity contribution >= 4 is 0 Å². The highest BCUT2D eigenvalue weighted by Crippen LogP contribution is 2.26. The largest absolute Gasteiger partial charge is 0.490 e. The smallest absolute Gasteiger partial charge is 0.161 e. The molecule has 0 saturated carbocycles. The molecular weight excluding hydrogens is 242 g/mol. The maximum Gasteiger partial charge on any atom is 0.161 e. The highest BCUT2D eigenvalue weighted by molar-refractivity contribution is 5.39. The minimum absolute atomic E-state index is 0.0914. The predicted molar refractivity (Wildman–Crippen MR) is 76.9 cm³/mol. The van der Waals surface area contributed by atoms with Crippen molar-refractivity contribution in [3.05, 3.63) is 24.3 Å². The van der Waals surface area contributed by atoms with Crippen molar-refractivity contribution in [2.75, 3.05) is 26.4 Å². The molecule has 1 aromatic carbocycles. The zero-order chi connectivity index (χ0) is 13.9. The van der Waals surface area contributed by atoms with E-state index >= 15 is 0 Å². The molecule has 0 saturated heterocycles. The van der Waals surface area contributed by atoms with Crippen molar-refractivity contribution < 1.29 is 14.6 Å². The first-order valence-corrected chi connectivity index (χ1v) is 7.00. The van der Waals surface area contributed by atoms with Crippen LogP contribution in [0.1, 0.15) is 26.7 Å². The Hall–Kier alpha value is -1.26. The van der Waals surface area contributed by atoms with Gasteiger partial charge in [0.15, 0.2) is 11.5 Å². The van der Waals surface area contributed by atoms with Gasteiger partial charge in [0, 0.05) is 6.04 Å². The summed E-state index contributed by atoms with van der Waals surface area (Å²) < 4.78 is 11.4. The maximum atomic E-state index is 9.18. The fourth-order valence-corrected chi connectivity index (χ4v) is 1.76. The third-order valence-electron chi connectivity index (χ3n) is 2.75. The molecular formula is C15H25NO3. The Morgan fingerprint density at radius 1 is 1.11 bits per heavy atom. The molecule has 0 spiro atoms. The summed E-state index contributed by atoms with van der Waals surface area (Å²) in [5.41, 5.74) is 0. The van der Waals surface area contributed by atoms with E-state index in [-0.39, 0.29) is 12.6 Å². The van der Waals surface area contributed by atoms with Crippen LogP contribution in [0.25, 0.3) is 0 Å². The van der Waals surface area contributed by atoms with Crippen LogP contribution in [0.15, 0.2) is 24.3 Å². The fraction of sp³-hybridized carbons (Fsp3) is 0.600. The monoisotopic (exact) mass is 267 g/mol. The minimum Gasteiger partial charge on any atom is -0.490 e. The summed E-state index contributed by atoms with van der Waals surface area (Å²) in [6.07, 6.45) is 1.74. The molecule has 0 radical (unpaired) electrons. The highest BCUT2D eigenvalue weighted by Gasteiger charge is 2.07. The van der Waals surface area contributed by atoms with Crippen molar-refractivity contribution in [1.29, 1.82) is 0 Å². The van der Waals surface area contributed by atoms with Gasteiger partial charge in [0.05, 0.1) is 19.8 Å². The van der Waals surface area contributed by atoms with Gasteiger partial charge < -0.3 is 19.9 Å². The van der Waals surface area contributed by atoms with Crippen LogP contribution in [0.4, 0.5) is 0 Å². The van der Waals surface area contributed by atoms with Crippen molar-refractivity contribution in [3.63, 3.8) is 0 Å². The SMILES string of the molecule is CCCOc1ccccc1OCCC(CO)NCC. The number of likely N-dealkylation sites (N-methyl/N-ethyl adjacent to an activating group) is 1. The number of benzene rings is 1. The lowest BCUT2D eigenvalue weighted by molar-refractivity contribution is 0.205. The Morgan fingerprint density at radius 2 is 1.74 bits per heavy atom. The second-order valence-corrected chi connectivity index (χ2v) is 4.37. The topological polar surface area (TPSA) is 50.7 Å². The number of rotatable bonds is 10. The van der Waals surface area contributed by atoms with E-state index < -0.39 is 0 Å². The molecule has 0 aliphatic rings. The van der Waals surface area contributed by atoms with Gasteiger partial charge in [0.1, 0.15) is 0 Å². The molecule has 0 heterocycles. The predicted octanol–water partition coefficient (Wildman–Crippen LogP) is 2.21. The van der Waals surface area contributed by atoms with Crippen molar-refractivity contribution in [3.8, 4) is 11.5 Å². The van der Waals surface area contributed by atoms with Gasteiger partial charge in [-0.2, -0.15) is 0 Å². The Bertz CT molecular complexity index is 344. The van der Waals surface area contributed by atoms with E-state index in [1.54, 1.807) is 0 Å². The molecule has 1 rings (SSSR count). The molecule has 0 amide bonds. The molecule has 4 heteroatoms. The van der Waals surface area contributed by atoms with Crippen LogP contribution in [0.3, 0.4) is 0 Å². The average Bonchev–Trinajstić information content (AvgIpc) is 2.45. The Labute approximate surface area is 115 Å². The van der Waals surface area contributed by atoms with E-state index in [2.05, 4.69) is 12.2 Å². The molecule has 1 atom stereocenters. The molecule has 0 aliphatic heterocycles. The van der Waals surface area contributed by atoms with E-state index in [0.717, 1.165) is 30.9 Å². The lowest BCUT2D eigenvalue weighted by Crippen LogP contribution is -2.33. The van der Waals surface area contributed by atoms with Crippen LogP contribution in [0.5, 0.6) is 11.5 Å². The molecule has 19 heavy (non-hydrogen) atoms. The summed E-state index contributed by atoms with van der Waals surface area (Å²) in [5, 5.41) is 12.4. The van der Waals surface area contributed by atoms with E-state index in [1.807, 2.05) is 31.2 Å². The molecule has 0 aromatic heterocycles. The summed E-state index contributed by atoms with van der Waals surface area (Å²) in [4.78, 5) is 0. The number of hydrogen-bond acceptors (Lipinski definition) is 4. The summed E-state index contributed by atoms with van der Waals surface area (Å²) in [6.45, 7) is 6.33. The van der Waals surface area contributed by atoms with Crippen molar-refractivity contribution in [2.45, 2.75) is 32.7 Å². The second kappa shape index (κ2) is 9.64. The van der Waals surface area contributed by atoms with E-state index in [4.69, 9.17) is 9.47 Å². The fourth-order valence-electron chi connectivity index (χ4n) is 1.76. The Morgan fingerprint density at radius 3 is 2.26 bits per heavy atom. The van der Waals surface area contributed by atoms with E-state index in [9.17, 15) is 5.11 Å². The quantitative estimate of drug-likeness (QED) is 0.682.